The Labute approximate surface area is 190 Å². The fraction of sp³-hybridized carbons (Fsp3) is 0.217. The van der Waals surface area contributed by atoms with E-state index in [1.54, 1.807) is 12.5 Å². The molecule has 31 heavy (non-hydrogen) atoms. The van der Waals surface area contributed by atoms with Gasteiger partial charge in [-0.05, 0) is 67.2 Å². The molecule has 0 aliphatic carbocycles. The second-order valence-corrected chi connectivity index (χ2v) is 8.30. The van der Waals surface area contributed by atoms with Gasteiger partial charge in [-0.15, -0.1) is 0 Å². The number of anilines is 2. The van der Waals surface area contributed by atoms with Crippen molar-refractivity contribution in [3.05, 3.63) is 71.0 Å². The fourth-order valence-corrected chi connectivity index (χ4v) is 4.49. The molecule has 2 aromatic heterocycles. The summed E-state index contributed by atoms with van der Waals surface area (Å²) in [5.41, 5.74) is 4.67. The average Bonchev–Trinajstić information content (AvgIpc) is 2.81. The first-order valence-electron chi connectivity index (χ1n) is 10.2. The van der Waals surface area contributed by atoms with E-state index in [0.29, 0.717) is 16.1 Å². The molecule has 0 saturated carbocycles. The minimum atomic E-state index is 0.394. The molecule has 0 unspecified atom stereocenters. The maximum atomic E-state index is 6.45. The summed E-state index contributed by atoms with van der Waals surface area (Å²) < 4.78 is 0. The van der Waals surface area contributed by atoms with Crippen LogP contribution >= 0.6 is 23.2 Å². The Morgan fingerprint density at radius 2 is 1.77 bits per heavy atom. The molecule has 6 nitrogen and oxygen atoms in total. The van der Waals surface area contributed by atoms with Gasteiger partial charge in [-0.3, -0.25) is 0 Å². The first kappa shape index (κ1) is 20.1. The highest BCUT2D eigenvalue weighted by Gasteiger charge is 2.22. The Hall–Kier alpha value is -2.80. The van der Waals surface area contributed by atoms with E-state index >= 15 is 0 Å². The molecule has 1 aliphatic heterocycles. The third kappa shape index (κ3) is 4.06. The van der Waals surface area contributed by atoms with Gasteiger partial charge in [0.2, 0.25) is 0 Å². The summed E-state index contributed by atoms with van der Waals surface area (Å²) in [6.07, 6.45) is 6.88. The van der Waals surface area contributed by atoms with Crippen molar-refractivity contribution in [2.24, 2.45) is 0 Å². The molecule has 1 saturated heterocycles. The average molecular weight is 451 g/mol. The van der Waals surface area contributed by atoms with Gasteiger partial charge in [0.15, 0.2) is 0 Å². The topological polar surface area (TPSA) is 75.6 Å². The predicted molar refractivity (Wildman–Crippen MR) is 125 cm³/mol. The van der Waals surface area contributed by atoms with Gasteiger partial charge in [0.25, 0.3) is 0 Å². The summed E-state index contributed by atoms with van der Waals surface area (Å²) in [4.78, 5) is 17.4. The van der Waals surface area contributed by atoms with E-state index in [1.807, 2.05) is 24.3 Å². The Morgan fingerprint density at radius 3 is 2.58 bits per heavy atom. The normalized spacial score (nSPS) is 14.6. The zero-order chi connectivity index (χ0) is 21.2. The lowest BCUT2D eigenvalue weighted by atomic mass is 9.84. The van der Waals surface area contributed by atoms with Gasteiger partial charge in [-0.1, -0.05) is 35.3 Å². The lowest BCUT2D eigenvalue weighted by Gasteiger charge is -2.26. The molecular weight excluding hydrogens is 431 g/mol. The zero-order valence-corrected chi connectivity index (χ0v) is 18.2. The van der Waals surface area contributed by atoms with Crippen molar-refractivity contribution < 1.29 is 0 Å². The molecule has 8 heteroatoms. The van der Waals surface area contributed by atoms with Gasteiger partial charge < -0.3 is 10.6 Å². The number of rotatable bonds is 4. The van der Waals surface area contributed by atoms with Crippen LogP contribution in [-0.4, -0.2) is 33.0 Å². The van der Waals surface area contributed by atoms with Crippen LogP contribution in [0.2, 0.25) is 10.2 Å². The van der Waals surface area contributed by atoms with E-state index < -0.39 is 0 Å². The summed E-state index contributed by atoms with van der Waals surface area (Å²) in [6, 6.07) is 11.9. The summed E-state index contributed by atoms with van der Waals surface area (Å²) in [5.74, 6) is 1.11. The lowest BCUT2D eigenvalue weighted by Crippen LogP contribution is -2.26. The van der Waals surface area contributed by atoms with Crippen LogP contribution in [0.1, 0.15) is 24.3 Å². The van der Waals surface area contributed by atoms with Crippen molar-refractivity contribution in [1.29, 1.82) is 0 Å². The molecule has 4 aromatic rings. The minimum absolute atomic E-state index is 0.394. The summed E-state index contributed by atoms with van der Waals surface area (Å²) >= 11 is 12.8. The monoisotopic (exact) mass is 450 g/mol. The van der Waals surface area contributed by atoms with Crippen LogP contribution in [0, 0.1) is 0 Å². The lowest BCUT2D eigenvalue weighted by molar-refractivity contribution is 0.461. The molecule has 2 aromatic carbocycles. The highest BCUT2D eigenvalue weighted by molar-refractivity contribution is 6.33. The van der Waals surface area contributed by atoms with E-state index in [2.05, 4.69) is 42.7 Å². The molecule has 1 aliphatic rings. The molecule has 156 valence electrons. The summed E-state index contributed by atoms with van der Waals surface area (Å²) in [6.45, 7) is 1.97. The number of halogens is 2. The Morgan fingerprint density at radius 1 is 0.935 bits per heavy atom. The van der Waals surface area contributed by atoms with E-state index in [4.69, 9.17) is 23.2 Å². The van der Waals surface area contributed by atoms with Crippen LogP contribution < -0.4 is 10.6 Å². The maximum absolute atomic E-state index is 6.45. The number of hydrogen-bond acceptors (Lipinski definition) is 6. The first-order chi connectivity index (χ1) is 15.2. The maximum Gasteiger partial charge on any atom is 0.141 e. The number of nitrogens with one attached hydrogen (secondary N) is 2. The summed E-state index contributed by atoms with van der Waals surface area (Å²) in [5, 5.41) is 8.82. The number of hydrogen-bond donors (Lipinski definition) is 2. The van der Waals surface area contributed by atoms with E-state index in [9.17, 15) is 0 Å². The number of fused-ring (bicyclic) bond motifs is 1. The zero-order valence-electron chi connectivity index (χ0n) is 16.6. The van der Waals surface area contributed by atoms with Crippen LogP contribution in [-0.2, 0) is 0 Å². The molecule has 0 atom stereocenters. The van der Waals surface area contributed by atoms with Crippen molar-refractivity contribution in [1.82, 2.24) is 25.3 Å². The van der Waals surface area contributed by atoms with Crippen LogP contribution in [0.3, 0.4) is 0 Å². The van der Waals surface area contributed by atoms with Gasteiger partial charge in [0.1, 0.15) is 23.6 Å². The second-order valence-electron chi connectivity index (χ2n) is 7.54. The fourth-order valence-electron chi connectivity index (χ4n) is 4.11. The minimum Gasteiger partial charge on any atom is -0.338 e. The number of aromatic nitrogens is 4. The highest BCUT2D eigenvalue weighted by atomic mass is 35.5. The van der Waals surface area contributed by atoms with Crippen LogP contribution in [0.4, 0.5) is 11.5 Å². The first-order valence-corrected chi connectivity index (χ1v) is 10.9. The second kappa shape index (κ2) is 8.75. The number of piperidine rings is 1. The van der Waals surface area contributed by atoms with Crippen molar-refractivity contribution in [2.75, 3.05) is 18.4 Å². The molecule has 0 spiro atoms. The van der Waals surface area contributed by atoms with Crippen LogP contribution in [0.15, 0.2) is 55.2 Å². The van der Waals surface area contributed by atoms with Crippen LogP contribution in [0.5, 0.6) is 0 Å². The molecule has 0 radical (unpaired) electrons. The molecule has 0 bridgehead atoms. The van der Waals surface area contributed by atoms with E-state index in [-0.39, 0.29) is 0 Å². The van der Waals surface area contributed by atoms with Gasteiger partial charge in [0.05, 0.1) is 16.2 Å². The number of nitrogens with zero attached hydrogens (tertiary/aromatic N) is 4. The third-order valence-corrected chi connectivity index (χ3v) is 6.30. The standard InChI is InChI=1S/C23H20Cl2N6/c24-19-3-1-2-4-20(19)31-23-17-9-15(14-5-7-26-8-6-14)16(10-21(17)28-13-30-23)18-11-27-12-29-22(18)25/h1-4,9-14,26H,5-8H2,(H,28,30,31). The van der Waals surface area contributed by atoms with Gasteiger partial charge in [-0.2, -0.15) is 0 Å². The largest absolute Gasteiger partial charge is 0.338 e. The smallest absolute Gasteiger partial charge is 0.141 e. The number of para-hydroxylation sites is 1. The number of benzene rings is 2. The van der Waals surface area contributed by atoms with Crippen molar-refractivity contribution in [3.63, 3.8) is 0 Å². The predicted octanol–water partition coefficient (Wildman–Crippen LogP) is 5.60. The highest BCUT2D eigenvalue weighted by Crippen LogP contribution is 2.40. The summed E-state index contributed by atoms with van der Waals surface area (Å²) in [7, 11) is 0. The van der Waals surface area contributed by atoms with E-state index in [0.717, 1.165) is 59.5 Å². The van der Waals surface area contributed by atoms with E-state index in [1.165, 1.54) is 11.9 Å². The molecule has 3 heterocycles. The molecule has 5 rings (SSSR count). The SMILES string of the molecule is Clc1ccccc1Nc1ncnc2cc(-c3cncnc3Cl)c(C3CCNCC3)cc12. The van der Waals surface area contributed by atoms with Crippen LogP contribution in [0.25, 0.3) is 22.0 Å². The van der Waals surface area contributed by atoms with Crippen molar-refractivity contribution >= 4 is 45.6 Å². The third-order valence-electron chi connectivity index (χ3n) is 5.67. The van der Waals surface area contributed by atoms with Crippen molar-refractivity contribution in [2.45, 2.75) is 18.8 Å². The molecule has 2 N–H and O–H groups in total. The van der Waals surface area contributed by atoms with Crippen molar-refractivity contribution in [3.8, 4) is 11.1 Å². The van der Waals surface area contributed by atoms with Gasteiger partial charge in [-0.25, -0.2) is 19.9 Å². The molecule has 0 amide bonds. The Balaban J connectivity index is 1.69. The van der Waals surface area contributed by atoms with Gasteiger partial charge in [0, 0.05) is 17.1 Å². The molecular formula is C23H20Cl2N6. The quantitative estimate of drug-likeness (QED) is 0.393. The molecule has 1 fully saturated rings. The van der Waals surface area contributed by atoms with Gasteiger partial charge >= 0.3 is 0 Å². The Bertz CT molecular complexity index is 1240. The Kier molecular flexibility index (Phi) is 5.68.